The Morgan fingerprint density at radius 2 is 1.52 bits per heavy atom. The van der Waals surface area contributed by atoms with Gasteiger partial charge >= 0.3 is 5.97 Å². The van der Waals surface area contributed by atoms with Gasteiger partial charge in [0.1, 0.15) is 5.75 Å². The summed E-state index contributed by atoms with van der Waals surface area (Å²) >= 11 is 5.17. The molecule has 9 nitrogen and oxygen atoms in total. The minimum absolute atomic E-state index is 0.0637. The van der Waals surface area contributed by atoms with Crippen LogP contribution in [0.1, 0.15) is 38.2 Å². The molecule has 3 N–H and O–H groups in total. The molecule has 11 heteroatoms. The quantitative estimate of drug-likeness (QED) is 0.137. The molecule has 0 fully saturated rings. The van der Waals surface area contributed by atoms with Gasteiger partial charge in [0.05, 0.1) is 18.1 Å². The van der Waals surface area contributed by atoms with E-state index in [1.807, 2.05) is 37.3 Å². The average molecular weight is 584 g/mol. The van der Waals surface area contributed by atoms with Gasteiger partial charge in [-0.05, 0) is 92.5 Å². The van der Waals surface area contributed by atoms with Gasteiger partial charge in [-0.3, -0.25) is 14.3 Å². The van der Waals surface area contributed by atoms with Crippen LogP contribution in [0.2, 0.25) is 0 Å². The van der Waals surface area contributed by atoms with E-state index in [1.54, 1.807) is 36.4 Å². The van der Waals surface area contributed by atoms with Gasteiger partial charge in [0.15, 0.2) is 5.11 Å². The molecule has 0 bridgehead atoms. The zero-order valence-electron chi connectivity index (χ0n) is 22.2. The third-order valence-corrected chi connectivity index (χ3v) is 7.19. The SMILES string of the molecule is CCOc1ccc(NS(=O)(=O)c2ccc(NC(=S)NC(=O)CCCC(=O)OCCCc3ccccc3)cc2)cc1. The molecule has 3 aromatic carbocycles. The molecular weight excluding hydrogens is 550 g/mol. The number of rotatable bonds is 14. The first-order valence-corrected chi connectivity index (χ1v) is 14.8. The van der Waals surface area contributed by atoms with Crippen LogP contribution in [0.5, 0.6) is 5.75 Å². The van der Waals surface area contributed by atoms with Gasteiger partial charge in [-0.25, -0.2) is 8.42 Å². The summed E-state index contributed by atoms with van der Waals surface area (Å²) in [5.74, 6) is -0.0293. The van der Waals surface area contributed by atoms with E-state index < -0.39 is 10.0 Å². The Morgan fingerprint density at radius 1 is 0.850 bits per heavy atom. The molecule has 1 amide bonds. The minimum Gasteiger partial charge on any atom is -0.494 e. The number of carbonyl (C=O) groups excluding carboxylic acids is 2. The fourth-order valence-electron chi connectivity index (χ4n) is 3.64. The highest BCUT2D eigenvalue weighted by Crippen LogP contribution is 2.21. The fourth-order valence-corrected chi connectivity index (χ4v) is 4.93. The average Bonchev–Trinajstić information content (AvgIpc) is 2.93. The summed E-state index contributed by atoms with van der Waals surface area (Å²) in [4.78, 5) is 24.1. The molecule has 0 aliphatic heterocycles. The number of carbonyl (C=O) groups is 2. The van der Waals surface area contributed by atoms with Crippen molar-refractivity contribution in [3.63, 3.8) is 0 Å². The van der Waals surface area contributed by atoms with E-state index in [1.165, 1.54) is 17.7 Å². The van der Waals surface area contributed by atoms with Gasteiger partial charge < -0.3 is 20.1 Å². The monoisotopic (exact) mass is 583 g/mol. The van der Waals surface area contributed by atoms with Crippen LogP contribution in [-0.2, 0) is 30.8 Å². The molecule has 3 aromatic rings. The zero-order chi connectivity index (χ0) is 28.8. The highest BCUT2D eigenvalue weighted by molar-refractivity contribution is 7.92. The van der Waals surface area contributed by atoms with E-state index in [-0.39, 0.29) is 34.7 Å². The molecule has 0 saturated carbocycles. The lowest BCUT2D eigenvalue weighted by Crippen LogP contribution is -2.34. The van der Waals surface area contributed by atoms with E-state index >= 15 is 0 Å². The van der Waals surface area contributed by atoms with Crippen molar-refractivity contribution in [2.24, 2.45) is 0 Å². The summed E-state index contributed by atoms with van der Waals surface area (Å²) in [6.45, 7) is 2.73. The van der Waals surface area contributed by atoms with Crippen LogP contribution in [-0.4, -0.2) is 38.6 Å². The molecule has 0 radical (unpaired) electrons. The predicted molar refractivity (Wildman–Crippen MR) is 159 cm³/mol. The lowest BCUT2D eigenvalue weighted by atomic mass is 10.1. The molecule has 0 unspecified atom stereocenters. The second-order valence-corrected chi connectivity index (χ2v) is 10.8. The standard InChI is InChI=1S/C29H33N3O6S2/c1-2-37-25-17-13-24(14-18-25)32-40(35,36)26-19-15-23(16-20-26)30-29(39)31-27(33)11-6-12-28(34)38-21-7-10-22-8-4-3-5-9-22/h3-5,8-9,13-20,32H,2,6-7,10-12,21H2,1H3,(H2,30,31,33,39). The summed E-state index contributed by atoms with van der Waals surface area (Å²) in [5, 5.41) is 5.46. The van der Waals surface area contributed by atoms with Gasteiger partial charge in [-0.2, -0.15) is 0 Å². The second kappa shape index (κ2) is 15.6. The Labute approximate surface area is 240 Å². The molecule has 0 saturated heterocycles. The number of nitrogens with one attached hydrogen (secondary N) is 3. The first-order chi connectivity index (χ1) is 19.2. The second-order valence-electron chi connectivity index (χ2n) is 8.75. The van der Waals surface area contributed by atoms with E-state index in [2.05, 4.69) is 15.4 Å². The van der Waals surface area contributed by atoms with E-state index in [4.69, 9.17) is 21.7 Å². The number of ether oxygens (including phenoxy) is 2. The van der Waals surface area contributed by atoms with Crippen LogP contribution in [0.4, 0.5) is 11.4 Å². The number of thiocarbonyl (C=S) groups is 1. The third kappa shape index (κ3) is 10.7. The Morgan fingerprint density at radius 3 is 2.20 bits per heavy atom. The maximum Gasteiger partial charge on any atom is 0.305 e. The van der Waals surface area contributed by atoms with E-state index in [9.17, 15) is 18.0 Å². The zero-order valence-corrected chi connectivity index (χ0v) is 23.9. The van der Waals surface area contributed by atoms with Gasteiger partial charge in [-0.15, -0.1) is 0 Å². The largest absolute Gasteiger partial charge is 0.494 e. The normalized spacial score (nSPS) is 10.8. The molecule has 212 valence electrons. The van der Waals surface area contributed by atoms with Crippen molar-refractivity contribution in [2.45, 2.75) is 43.9 Å². The van der Waals surface area contributed by atoms with Crippen molar-refractivity contribution in [2.75, 3.05) is 23.3 Å². The summed E-state index contributed by atoms with van der Waals surface area (Å²) in [6.07, 6.45) is 2.15. The predicted octanol–water partition coefficient (Wildman–Crippen LogP) is 5.05. The van der Waals surface area contributed by atoms with Gasteiger partial charge in [0.25, 0.3) is 10.0 Å². The van der Waals surface area contributed by atoms with E-state index in [0.717, 1.165) is 12.8 Å². The van der Waals surface area contributed by atoms with Crippen molar-refractivity contribution >= 4 is 50.6 Å². The van der Waals surface area contributed by atoms with Crippen LogP contribution < -0.4 is 20.1 Å². The number of esters is 1. The minimum atomic E-state index is -3.80. The molecule has 3 rings (SSSR count). The van der Waals surface area contributed by atoms with Crippen LogP contribution >= 0.6 is 12.2 Å². The molecule has 0 atom stereocenters. The molecule has 40 heavy (non-hydrogen) atoms. The maximum absolute atomic E-state index is 12.7. The molecule has 0 heterocycles. The molecular formula is C29H33N3O6S2. The first kappa shape index (κ1) is 30.6. The number of aryl methyl sites for hydroxylation is 1. The van der Waals surface area contributed by atoms with Gasteiger partial charge in [-0.1, -0.05) is 30.3 Å². The Kier molecular flexibility index (Phi) is 11.9. The number of benzene rings is 3. The number of hydrogen-bond acceptors (Lipinski definition) is 7. The molecule has 0 spiro atoms. The fraction of sp³-hybridized carbons (Fsp3) is 0.276. The van der Waals surface area contributed by atoms with Crippen molar-refractivity contribution in [1.29, 1.82) is 0 Å². The number of amides is 1. The Hall–Kier alpha value is -3.96. The van der Waals surface area contributed by atoms with Crippen molar-refractivity contribution < 1.29 is 27.5 Å². The summed E-state index contributed by atoms with van der Waals surface area (Å²) in [5.41, 5.74) is 2.10. The number of hydrogen-bond donors (Lipinski definition) is 3. The van der Waals surface area contributed by atoms with E-state index in [0.29, 0.717) is 36.8 Å². The topological polar surface area (TPSA) is 123 Å². The lowest BCUT2D eigenvalue weighted by molar-refractivity contribution is -0.143. The summed E-state index contributed by atoms with van der Waals surface area (Å²) in [7, 11) is -3.80. The van der Waals surface area contributed by atoms with Crippen molar-refractivity contribution in [3.8, 4) is 5.75 Å². The van der Waals surface area contributed by atoms with Crippen molar-refractivity contribution in [3.05, 3.63) is 84.4 Å². The third-order valence-electron chi connectivity index (χ3n) is 5.59. The molecule has 0 aliphatic carbocycles. The smallest absolute Gasteiger partial charge is 0.305 e. The lowest BCUT2D eigenvalue weighted by Gasteiger charge is -2.12. The number of anilines is 2. The van der Waals surface area contributed by atoms with Gasteiger partial charge in [0.2, 0.25) is 5.91 Å². The van der Waals surface area contributed by atoms with Crippen molar-refractivity contribution in [1.82, 2.24) is 5.32 Å². The molecule has 0 aliphatic rings. The highest BCUT2D eigenvalue weighted by atomic mass is 32.2. The first-order valence-electron chi connectivity index (χ1n) is 12.9. The summed E-state index contributed by atoms with van der Waals surface area (Å²) in [6, 6.07) is 22.5. The Balaban J connectivity index is 1.34. The molecule has 0 aromatic heterocycles. The number of sulfonamides is 1. The van der Waals surface area contributed by atoms with Crippen LogP contribution in [0.3, 0.4) is 0 Å². The summed E-state index contributed by atoms with van der Waals surface area (Å²) < 4.78 is 38.5. The highest BCUT2D eigenvalue weighted by Gasteiger charge is 2.15. The van der Waals surface area contributed by atoms with Crippen LogP contribution in [0, 0.1) is 0 Å². The van der Waals surface area contributed by atoms with Crippen LogP contribution in [0.15, 0.2) is 83.8 Å². The van der Waals surface area contributed by atoms with Gasteiger partial charge in [0, 0.05) is 24.2 Å². The van der Waals surface area contributed by atoms with Crippen LogP contribution in [0.25, 0.3) is 0 Å². The Bertz CT molecular complexity index is 1360. The maximum atomic E-state index is 12.7.